The Balaban J connectivity index is 1.02. The molecule has 10 atom stereocenters. The highest BCUT2D eigenvalue weighted by molar-refractivity contribution is 5.85. The molecule has 0 aromatic heterocycles. The van der Waals surface area contributed by atoms with E-state index < -0.39 is 46.1 Å². The fourth-order valence-corrected chi connectivity index (χ4v) is 16.6. The predicted molar refractivity (Wildman–Crippen MR) is 263 cm³/mol. The zero-order valence-corrected chi connectivity index (χ0v) is 41.3. The Morgan fingerprint density at radius 2 is 1.54 bits per heavy atom. The molecular weight excluding hydrogens is 833 g/mol. The molecule has 7 heteroatoms. The third-order valence-corrected chi connectivity index (χ3v) is 20.1. The molecule has 5 aliphatic carbocycles. The minimum absolute atomic E-state index is 0.172. The van der Waals surface area contributed by atoms with Crippen molar-refractivity contribution >= 4 is 11.9 Å². The normalized spacial score (nSPS) is 37.9. The minimum Gasteiger partial charge on any atom is -0.462 e. The predicted octanol–water partition coefficient (Wildman–Crippen LogP) is 11.9. The van der Waals surface area contributed by atoms with E-state index >= 15 is 0 Å². The number of hydrogen-bond donors (Lipinski definition) is 3. The van der Waals surface area contributed by atoms with Gasteiger partial charge in [0.05, 0.1) is 35.1 Å². The van der Waals surface area contributed by atoms with Gasteiger partial charge in [-0.25, -0.2) is 4.79 Å². The number of cyclic esters (lactones) is 1. The zero-order valence-electron chi connectivity index (χ0n) is 41.3. The number of carbonyl (C=O) groups is 2. The molecule has 7 nitrogen and oxygen atoms in total. The lowest BCUT2D eigenvalue weighted by Crippen LogP contribution is -2.79. The van der Waals surface area contributed by atoms with Crippen LogP contribution in [0.3, 0.4) is 0 Å². The highest BCUT2D eigenvalue weighted by Crippen LogP contribution is 2.72. The highest BCUT2D eigenvalue weighted by Gasteiger charge is 2.78. The number of aliphatic hydroxyl groups is 3. The molecular formula is C60H82O7. The first-order chi connectivity index (χ1) is 32.2. The summed E-state index contributed by atoms with van der Waals surface area (Å²) in [6, 6.07) is 22.0. The van der Waals surface area contributed by atoms with Gasteiger partial charge in [0.15, 0.2) is 0 Å². The third kappa shape index (κ3) is 9.24. The number of fused-ring (bicyclic) bond motifs is 4. The molecule has 1 spiro atoms. The summed E-state index contributed by atoms with van der Waals surface area (Å²) in [6.07, 6.45) is 21.8. The Labute approximate surface area is 402 Å². The molecule has 3 N–H and O–H groups in total. The van der Waals surface area contributed by atoms with Crippen molar-refractivity contribution in [3.05, 3.63) is 83.4 Å². The number of benzene rings is 2. The van der Waals surface area contributed by atoms with Crippen molar-refractivity contribution in [1.82, 2.24) is 0 Å². The zero-order chi connectivity index (χ0) is 46.9. The smallest absolute Gasteiger partial charge is 0.331 e. The van der Waals surface area contributed by atoms with E-state index in [2.05, 4.69) is 86.4 Å². The summed E-state index contributed by atoms with van der Waals surface area (Å²) in [5.41, 5.74) is -0.366. The maximum atomic E-state index is 14.2. The average molecular weight is 915 g/mol. The maximum Gasteiger partial charge on any atom is 0.331 e. The van der Waals surface area contributed by atoms with Crippen LogP contribution < -0.4 is 0 Å². The van der Waals surface area contributed by atoms with Crippen LogP contribution in [0.15, 0.2) is 72.3 Å². The number of esters is 2. The second-order valence-corrected chi connectivity index (χ2v) is 24.0. The van der Waals surface area contributed by atoms with Crippen LogP contribution in [-0.2, 0) is 30.9 Å². The molecule has 67 heavy (non-hydrogen) atoms. The van der Waals surface area contributed by atoms with Gasteiger partial charge in [-0.1, -0.05) is 106 Å². The van der Waals surface area contributed by atoms with E-state index in [4.69, 9.17) is 9.47 Å². The summed E-state index contributed by atoms with van der Waals surface area (Å²) >= 11 is 0. The molecule has 364 valence electrons. The number of hydrogen-bond acceptors (Lipinski definition) is 7. The van der Waals surface area contributed by atoms with Crippen molar-refractivity contribution in [2.75, 3.05) is 6.61 Å². The standard InChI is InChI=1S/C60H82O7/c1-43(16-15-19-44-17-7-4-8-18-44)23-24-50(61)60-51(62)29-33-56(3,54(60)49-41-55(2,30-14-11-22-52(63)67-49)59(60,65)37-26-45-38-53(64)66-42-45)47-27-35-57(36-28-47)34-25-46(39-57)40-58(31-12-6-13-32-58)48-20-9-5-10-21-48/h4-5,7-10,17-18,20-21,38,43,46-47,49-51,54,61-62,65H,6,11-13,15-16,19,22-29,31-37,39-42H2,1-3H3/t43-,46-,47?,49-,50+,51+,54+,55+,56+,57?,59-,60+/m1/s1. The van der Waals surface area contributed by atoms with E-state index in [0.717, 1.165) is 56.4 Å². The average Bonchev–Trinajstić information content (AvgIpc) is 3.95. The largest absolute Gasteiger partial charge is 0.462 e. The lowest BCUT2D eigenvalue weighted by molar-refractivity contribution is -0.339. The van der Waals surface area contributed by atoms with Gasteiger partial charge >= 0.3 is 11.9 Å². The van der Waals surface area contributed by atoms with Gasteiger partial charge in [-0.05, 0) is 173 Å². The van der Waals surface area contributed by atoms with Crippen LogP contribution in [0, 0.1) is 57.2 Å². The highest BCUT2D eigenvalue weighted by atomic mass is 16.5. The monoisotopic (exact) mass is 915 g/mol. The van der Waals surface area contributed by atoms with Crippen molar-refractivity contribution in [2.45, 2.75) is 211 Å². The first-order valence-electron chi connectivity index (χ1n) is 27.0. The lowest BCUT2D eigenvalue weighted by atomic mass is 9.35. The van der Waals surface area contributed by atoms with Crippen molar-refractivity contribution in [3.63, 3.8) is 0 Å². The van der Waals surface area contributed by atoms with Crippen LogP contribution in [0.4, 0.5) is 0 Å². The summed E-state index contributed by atoms with van der Waals surface area (Å²) in [7, 11) is 0. The Morgan fingerprint density at radius 1 is 0.821 bits per heavy atom. The van der Waals surface area contributed by atoms with E-state index in [1.165, 1.54) is 82.3 Å². The molecule has 2 bridgehead atoms. The maximum absolute atomic E-state index is 14.2. The van der Waals surface area contributed by atoms with E-state index in [-0.39, 0.29) is 37.3 Å². The summed E-state index contributed by atoms with van der Waals surface area (Å²) in [4.78, 5) is 26.2. The molecule has 2 aromatic carbocycles. The molecule has 2 heterocycles. The second kappa shape index (κ2) is 19.8. The van der Waals surface area contributed by atoms with Gasteiger partial charge in [-0.15, -0.1) is 5.92 Å². The molecule has 9 rings (SSSR count). The molecule has 5 saturated carbocycles. The first-order valence-corrected chi connectivity index (χ1v) is 27.0. The second-order valence-electron chi connectivity index (χ2n) is 24.0. The topological polar surface area (TPSA) is 113 Å². The van der Waals surface area contributed by atoms with Gasteiger partial charge < -0.3 is 24.8 Å². The number of aryl methyl sites for hydroxylation is 1. The summed E-state index contributed by atoms with van der Waals surface area (Å²) in [5.74, 6) is 6.97. The first kappa shape index (κ1) is 48.6. The Hall–Kier alpha value is -3.44. The molecule has 2 aromatic rings. The van der Waals surface area contributed by atoms with E-state index in [1.807, 2.05) is 6.92 Å². The van der Waals surface area contributed by atoms with Crippen LogP contribution >= 0.6 is 0 Å². The van der Waals surface area contributed by atoms with Crippen LogP contribution in [0.1, 0.15) is 186 Å². The summed E-state index contributed by atoms with van der Waals surface area (Å²) in [6.45, 7) is 6.80. The molecule has 7 aliphatic rings. The van der Waals surface area contributed by atoms with E-state index in [0.29, 0.717) is 48.9 Å². The SMILES string of the molecule is C[C@H](CCCc1ccccc1)CC[C@H](O)[C@]12[C@@H]([C@H]3C[C@](C)(C#CCCC(=O)O3)[C@]1(O)CCC1=CC(=O)OC1)[C@](C)(C1CCC3(CC1)CC[C@@H](CC1(c4ccccc4)CCCCC1)C3)CC[C@@H]2O. The fourth-order valence-electron chi connectivity index (χ4n) is 16.6. The molecule has 0 unspecified atom stereocenters. The third-order valence-electron chi connectivity index (χ3n) is 20.1. The molecule has 5 fully saturated rings. The molecule has 2 aliphatic heterocycles. The van der Waals surface area contributed by atoms with E-state index in [1.54, 1.807) is 5.56 Å². The van der Waals surface area contributed by atoms with Gasteiger partial charge in [-0.3, -0.25) is 4.79 Å². The van der Waals surface area contributed by atoms with Crippen molar-refractivity contribution in [3.8, 4) is 11.8 Å². The quantitative estimate of drug-likeness (QED) is 0.120. The number of ether oxygens (including phenoxy) is 2. The van der Waals surface area contributed by atoms with Crippen molar-refractivity contribution < 1.29 is 34.4 Å². The van der Waals surface area contributed by atoms with Gasteiger partial charge in [0.25, 0.3) is 0 Å². The van der Waals surface area contributed by atoms with Gasteiger partial charge in [0.1, 0.15) is 12.7 Å². The van der Waals surface area contributed by atoms with Crippen LogP contribution in [0.5, 0.6) is 0 Å². The fraction of sp³-hybridized carbons (Fsp3) is 0.700. The number of rotatable bonds is 15. The lowest BCUT2D eigenvalue weighted by Gasteiger charge is -2.72. The van der Waals surface area contributed by atoms with Gasteiger partial charge in [0.2, 0.25) is 0 Å². The van der Waals surface area contributed by atoms with Crippen LogP contribution in [-0.4, -0.2) is 57.8 Å². The molecule has 0 radical (unpaired) electrons. The van der Waals surface area contributed by atoms with Crippen LogP contribution in [0.2, 0.25) is 0 Å². The van der Waals surface area contributed by atoms with E-state index in [9.17, 15) is 24.9 Å². The Kier molecular flexibility index (Phi) is 14.3. The molecule has 0 amide bonds. The van der Waals surface area contributed by atoms with Crippen molar-refractivity contribution in [1.29, 1.82) is 0 Å². The number of aliphatic hydroxyl groups excluding tert-OH is 2. The number of carbonyl (C=O) groups excluding carboxylic acids is 2. The summed E-state index contributed by atoms with van der Waals surface area (Å²) < 4.78 is 12.0. The minimum atomic E-state index is -1.68. The Morgan fingerprint density at radius 3 is 2.25 bits per heavy atom. The van der Waals surface area contributed by atoms with Gasteiger partial charge in [0, 0.05) is 24.8 Å². The summed E-state index contributed by atoms with van der Waals surface area (Å²) in [5, 5.41) is 40.7. The van der Waals surface area contributed by atoms with Crippen LogP contribution in [0.25, 0.3) is 0 Å². The Bertz CT molecular complexity index is 2120. The van der Waals surface area contributed by atoms with Crippen molar-refractivity contribution in [2.24, 2.45) is 45.3 Å². The molecule has 0 saturated heterocycles. The van der Waals surface area contributed by atoms with Gasteiger partial charge in [-0.2, -0.15) is 0 Å².